The van der Waals surface area contributed by atoms with E-state index in [1.165, 1.54) is 61.8 Å². The largest absolute Gasteiger partial charge is 0.465 e. The second kappa shape index (κ2) is 8.21. The number of carbonyl (C=O) groups is 1. The zero-order chi connectivity index (χ0) is 15.9. The zero-order valence-electron chi connectivity index (χ0n) is 13.9. The third-order valence-corrected chi connectivity index (χ3v) is 5.10. The molecule has 1 aliphatic carbocycles. The first-order chi connectivity index (χ1) is 10.6. The topological polar surface area (TPSA) is 40.5 Å². The van der Waals surface area contributed by atoms with Gasteiger partial charge >= 0.3 is 6.09 Å². The molecule has 1 saturated carbocycles. The summed E-state index contributed by atoms with van der Waals surface area (Å²) < 4.78 is 0. The van der Waals surface area contributed by atoms with Crippen LogP contribution in [0.5, 0.6) is 0 Å². The normalized spacial score (nSPS) is 21.5. The van der Waals surface area contributed by atoms with Gasteiger partial charge in [-0.1, -0.05) is 44.7 Å². The Morgan fingerprint density at radius 2 is 1.77 bits per heavy atom. The van der Waals surface area contributed by atoms with Crippen molar-refractivity contribution in [3.05, 3.63) is 29.8 Å². The monoisotopic (exact) mass is 303 g/mol. The molecule has 0 heterocycles. The number of anilines is 1. The molecule has 122 valence electrons. The molecule has 2 rings (SSSR count). The van der Waals surface area contributed by atoms with Gasteiger partial charge in [-0.2, -0.15) is 0 Å². The van der Waals surface area contributed by atoms with Crippen molar-refractivity contribution in [3.63, 3.8) is 0 Å². The van der Waals surface area contributed by atoms with Crippen molar-refractivity contribution < 1.29 is 9.90 Å². The third-order valence-electron chi connectivity index (χ3n) is 5.10. The van der Waals surface area contributed by atoms with E-state index in [1.807, 2.05) is 12.1 Å². The number of carboxylic acid groups (broad SMARTS) is 1. The molecule has 0 bridgehead atoms. The van der Waals surface area contributed by atoms with Crippen LogP contribution < -0.4 is 4.90 Å². The second-order valence-corrected chi connectivity index (χ2v) is 6.65. The smallest absolute Gasteiger partial charge is 0.411 e. The summed E-state index contributed by atoms with van der Waals surface area (Å²) in [5.74, 6) is 1.59. The highest BCUT2D eigenvalue weighted by Crippen LogP contribution is 2.38. The molecule has 1 aromatic rings. The van der Waals surface area contributed by atoms with E-state index >= 15 is 0 Å². The van der Waals surface area contributed by atoms with E-state index in [-0.39, 0.29) is 0 Å². The van der Waals surface area contributed by atoms with Crippen molar-refractivity contribution in [1.82, 2.24) is 0 Å². The summed E-state index contributed by atoms with van der Waals surface area (Å²) in [6.07, 6.45) is 9.84. The summed E-state index contributed by atoms with van der Waals surface area (Å²) in [6.45, 7) is 2.27. The van der Waals surface area contributed by atoms with Crippen molar-refractivity contribution in [2.75, 3.05) is 11.9 Å². The van der Waals surface area contributed by atoms with Crippen molar-refractivity contribution in [3.8, 4) is 0 Å². The fourth-order valence-electron chi connectivity index (χ4n) is 3.55. The van der Waals surface area contributed by atoms with Gasteiger partial charge in [0.15, 0.2) is 0 Å². The van der Waals surface area contributed by atoms with E-state index in [4.69, 9.17) is 5.11 Å². The minimum atomic E-state index is -0.916. The molecule has 0 atom stereocenters. The van der Waals surface area contributed by atoms with Crippen LogP contribution >= 0.6 is 0 Å². The minimum Gasteiger partial charge on any atom is -0.465 e. The van der Waals surface area contributed by atoms with Gasteiger partial charge in [-0.25, -0.2) is 4.79 Å². The van der Waals surface area contributed by atoms with Crippen LogP contribution in [0.2, 0.25) is 0 Å². The number of nitrogens with zero attached hydrogens (tertiary/aromatic N) is 1. The first kappa shape index (κ1) is 16.9. The van der Waals surface area contributed by atoms with Gasteiger partial charge in [0.25, 0.3) is 0 Å². The van der Waals surface area contributed by atoms with Gasteiger partial charge in [0.2, 0.25) is 0 Å². The van der Waals surface area contributed by atoms with Crippen LogP contribution in [0, 0.1) is 5.92 Å². The molecule has 0 radical (unpaired) electrons. The van der Waals surface area contributed by atoms with Crippen LogP contribution in [0.3, 0.4) is 0 Å². The number of amides is 1. The fraction of sp³-hybridized carbons (Fsp3) is 0.632. The molecule has 0 spiro atoms. The van der Waals surface area contributed by atoms with Crippen molar-refractivity contribution in [2.45, 2.75) is 64.2 Å². The van der Waals surface area contributed by atoms with Gasteiger partial charge in [0.05, 0.1) is 0 Å². The minimum absolute atomic E-state index is 0.659. The maximum Gasteiger partial charge on any atom is 0.411 e. The number of benzene rings is 1. The number of hydrogen-bond donors (Lipinski definition) is 1. The van der Waals surface area contributed by atoms with E-state index in [0.29, 0.717) is 5.92 Å². The Morgan fingerprint density at radius 3 is 2.32 bits per heavy atom. The van der Waals surface area contributed by atoms with Gasteiger partial charge in [0, 0.05) is 12.7 Å². The molecule has 22 heavy (non-hydrogen) atoms. The van der Waals surface area contributed by atoms with Gasteiger partial charge < -0.3 is 5.11 Å². The van der Waals surface area contributed by atoms with Crippen LogP contribution in [-0.4, -0.2) is 18.2 Å². The Labute approximate surface area is 134 Å². The molecule has 3 nitrogen and oxygen atoms in total. The molecular weight excluding hydrogens is 274 g/mol. The standard InChI is InChI=1S/C19H29NO2/c1-3-4-5-6-15-7-9-16(10-8-15)17-11-13-18(14-12-17)20(2)19(21)22/h11-16H,3-10H2,1-2H3,(H,21,22). The summed E-state index contributed by atoms with van der Waals surface area (Å²) in [6, 6.07) is 8.07. The highest BCUT2D eigenvalue weighted by Gasteiger charge is 2.22. The molecule has 1 aliphatic rings. The average Bonchev–Trinajstić information content (AvgIpc) is 2.55. The molecule has 1 aromatic carbocycles. The summed E-state index contributed by atoms with van der Waals surface area (Å²) in [4.78, 5) is 12.2. The number of unbranched alkanes of at least 4 members (excludes halogenated alkanes) is 2. The lowest BCUT2D eigenvalue weighted by molar-refractivity contribution is 0.203. The zero-order valence-corrected chi connectivity index (χ0v) is 13.9. The molecule has 3 heteroatoms. The molecule has 0 saturated heterocycles. The van der Waals surface area contributed by atoms with Gasteiger partial charge in [0.1, 0.15) is 0 Å². The predicted octanol–water partition coefficient (Wildman–Crippen LogP) is 5.65. The van der Waals surface area contributed by atoms with E-state index in [9.17, 15) is 4.79 Å². The Hall–Kier alpha value is -1.51. The van der Waals surface area contributed by atoms with E-state index in [2.05, 4.69) is 19.1 Å². The van der Waals surface area contributed by atoms with Crippen LogP contribution in [0.1, 0.15) is 69.8 Å². The Morgan fingerprint density at radius 1 is 1.14 bits per heavy atom. The SMILES string of the molecule is CCCCCC1CCC(c2ccc(N(C)C(=O)O)cc2)CC1. The summed E-state index contributed by atoms with van der Waals surface area (Å²) in [7, 11) is 1.58. The van der Waals surface area contributed by atoms with Gasteiger partial charge in [-0.15, -0.1) is 0 Å². The Balaban J connectivity index is 1.85. The molecule has 0 aliphatic heterocycles. The van der Waals surface area contributed by atoms with Crippen molar-refractivity contribution in [2.24, 2.45) is 5.92 Å². The van der Waals surface area contributed by atoms with Crippen LogP contribution in [0.4, 0.5) is 10.5 Å². The lowest BCUT2D eigenvalue weighted by Gasteiger charge is -2.29. The Kier molecular flexibility index (Phi) is 6.29. The molecule has 1 fully saturated rings. The molecule has 0 aromatic heterocycles. The van der Waals surface area contributed by atoms with Gasteiger partial charge in [-0.3, -0.25) is 4.90 Å². The fourth-order valence-corrected chi connectivity index (χ4v) is 3.55. The van der Waals surface area contributed by atoms with Crippen LogP contribution in [-0.2, 0) is 0 Å². The highest BCUT2D eigenvalue weighted by molar-refractivity contribution is 5.85. The Bertz CT molecular complexity index is 461. The first-order valence-corrected chi connectivity index (χ1v) is 8.68. The summed E-state index contributed by atoms with van der Waals surface area (Å²) in [5, 5.41) is 9.00. The highest BCUT2D eigenvalue weighted by atomic mass is 16.4. The quantitative estimate of drug-likeness (QED) is 0.689. The lowest BCUT2D eigenvalue weighted by Crippen LogP contribution is -2.23. The number of rotatable bonds is 6. The molecule has 1 N–H and O–H groups in total. The maximum absolute atomic E-state index is 11.0. The van der Waals surface area contributed by atoms with Gasteiger partial charge in [-0.05, 0) is 55.2 Å². The molecule has 0 unspecified atom stereocenters. The second-order valence-electron chi connectivity index (χ2n) is 6.65. The predicted molar refractivity (Wildman–Crippen MR) is 91.7 cm³/mol. The number of hydrogen-bond acceptors (Lipinski definition) is 1. The van der Waals surface area contributed by atoms with Crippen molar-refractivity contribution >= 4 is 11.8 Å². The molecule has 1 amide bonds. The summed E-state index contributed by atoms with van der Waals surface area (Å²) in [5.41, 5.74) is 2.11. The summed E-state index contributed by atoms with van der Waals surface area (Å²) >= 11 is 0. The van der Waals surface area contributed by atoms with Crippen molar-refractivity contribution in [1.29, 1.82) is 0 Å². The molecular formula is C19H29NO2. The first-order valence-electron chi connectivity index (χ1n) is 8.68. The van der Waals surface area contributed by atoms with E-state index < -0.39 is 6.09 Å². The maximum atomic E-state index is 11.0. The third kappa shape index (κ3) is 4.49. The van der Waals surface area contributed by atoms with E-state index in [0.717, 1.165) is 11.6 Å². The lowest BCUT2D eigenvalue weighted by atomic mass is 9.77. The average molecular weight is 303 g/mol. The van der Waals surface area contributed by atoms with Crippen LogP contribution in [0.15, 0.2) is 24.3 Å². The van der Waals surface area contributed by atoms with E-state index in [1.54, 1.807) is 7.05 Å². The van der Waals surface area contributed by atoms with Crippen LogP contribution in [0.25, 0.3) is 0 Å².